The van der Waals surface area contributed by atoms with Crippen molar-refractivity contribution in [1.29, 1.82) is 0 Å². The third kappa shape index (κ3) is 66.7. The molecule has 0 amide bonds. The van der Waals surface area contributed by atoms with E-state index in [1.807, 2.05) is 0 Å². The summed E-state index contributed by atoms with van der Waals surface area (Å²) in [5.74, 6) is -1.04. The first-order valence-electron chi connectivity index (χ1n) is 32.6. The molecule has 0 aliphatic rings. The van der Waals surface area contributed by atoms with Gasteiger partial charge in [-0.3, -0.25) is 14.4 Å². The lowest BCUT2D eigenvalue weighted by Gasteiger charge is -2.18. The highest BCUT2D eigenvalue weighted by atomic mass is 16.6. The van der Waals surface area contributed by atoms with Crippen molar-refractivity contribution in [3.05, 3.63) is 207 Å². The Hall–Kier alpha value is -6.01. The molecule has 0 N–H and O–H groups in total. The molecular weight excluding hydrogens is 1020 g/mol. The highest BCUT2D eigenvalue weighted by Crippen LogP contribution is 2.13. The number of rotatable bonds is 56. The van der Waals surface area contributed by atoms with Crippen molar-refractivity contribution in [1.82, 2.24) is 0 Å². The van der Waals surface area contributed by atoms with Crippen molar-refractivity contribution in [2.45, 2.75) is 245 Å². The zero-order valence-corrected chi connectivity index (χ0v) is 52.6. The highest BCUT2D eigenvalue weighted by Gasteiger charge is 2.19. The van der Waals surface area contributed by atoms with Crippen LogP contribution >= 0.6 is 0 Å². The number of esters is 3. The lowest BCUT2D eigenvalue weighted by atomic mass is 10.1. The van der Waals surface area contributed by atoms with Crippen molar-refractivity contribution >= 4 is 17.9 Å². The minimum absolute atomic E-state index is 0.127. The Bertz CT molecular complexity index is 2030. The van der Waals surface area contributed by atoms with E-state index < -0.39 is 6.10 Å². The summed E-state index contributed by atoms with van der Waals surface area (Å²) in [4.78, 5) is 38.4. The molecule has 1 atom stereocenters. The van der Waals surface area contributed by atoms with Crippen LogP contribution in [0, 0.1) is 0 Å². The average Bonchev–Trinajstić information content (AvgIpc) is 3.49. The molecule has 0 aromatic carbocycles. The second kappa shape index (κ2) is 68.5. The highest BCUT2D eigenvalue weighted by molar-refractivity contribution is 5.71. The quantitative estimate of drug-likeness (QED) is 0.0261. The third-order valence-electron chi connectivity index (χ3n) is 12.8. The summed E-state index contributed by atoms with van der Waals surface area (Å²) < 4.78 is 16.9. The maximum Gasteiger partial charge on any atom is 0.306 e. The summed E-state index contributed by atoms with van der Waals surface area (Å²) in [6, 6.07) is 0. The molecule has 0 fully saturated rings. The van der Waals surface area contributed by atoms with E-state index in [9.17, 15) is 14.4 Å². The minimum atomic E-state index is -0.838. The third-order valence-corrected chi connectivity index (χ3v) is 12.8. The zero-order valence-electron chi connectivity index (χ0n) is 52.6. The molecular formula is C77H116O6. The molecule has 0 saturated carbocycles. The Kier molecular flexibility index (Phi) is 63.5. The molecule has 0 bridgehead atoms. The number of unbranched alkanes of at least 4 members (excludes halogenated alkanes) is 11. The van der Waals surface area contributed by atoms with Crippen LogP contribution in [-0.2, 0) is 28.6 Å². The van der Waals surface area contributed by atoms with Gasteiger partial charge in [0.1, 0.15) is 13.2 Å². The predicted octanol–water partition coefficient (Wildman–Crippen LogP) is 22.8. The maximum atomic E-state index is 12.9. The second-order valence-electron chi connectivity index (χ2n) is 20.5. The van der Waals surface area contributed by atoms with Gasteiger partial charge in [0.2, 0.25) is 0 Å². The standard InChI is InChI=1S/C77H116O6/c1-4-7-10-13-16-19-22-25-28-31-34-36-38-40-43-46-49-52-55-58-61-64-67-70-76(79)82-73-74(72-81-75(78)69-66-63-60-57-54-51-48-45-42-33-30-27-24-21-18-15-12-9-6-3)83-77(80)71-68-65-62-59-56-53-50-47-44-41-39-37-35-32-29-26-23-20-17-14-11-8-5-2/h7-12,16-21,25-30,34-37,40-45,49-50,52-53,58,61,74H,4-6,13-15,22-24,31-33,38-39,46-48,51,54-57,59-60,62-73H2,1-3H3/b10-7-,11-8-,12-9-,19-16-,20-17-,21-18-,28-25-,29-26-,30-27-,36-34-,37-35-,43-40-,44-41-,45-42-,52-49-,53-50-,61-58-. The molecule has 460 valence electrons. The van der Waals surface area contributed by atoms with Crippen LogP contribution in [0.15, 0.2) is 207 Å². The van der Waals surface area contributed by atoms with Crippen LogP contribution in [0.4, 0.5) is 0 Å². The number of hydrogen-bond donors (Lipinski definition) is 0. The fourth-order valence-electron chi connectivity index (χ4n) is 8.01. The van der Waals surface area contributed by atoms with E-state index in [0.29, 0.717) is 19.3 Å². The summed E-state index contributed by atoms with van der Waals surface area (Å²) in [5.41, 5.74) is 0. The number of ether oxygens (including phenoxy) is 3. The van der Waals surface area contributed by atoms with E-state index in [1.165, 1.54) is 12.8 Å². The minimum Gasteiger partial charge on any atom is -0.462 e. The van der Waals surface area contributed by atoms with E-state index in [0.717, 1.165) is 173 Å². The van der Waals surface area contributed by atoms with Gasteiger partial charge in [0.25, 0.3) is 0 Å². The number of carbonyl (C=O) groups excluding carboxylic acids is 3. The average molecular weight is 1140 g/mol. The van der Waals surface area contributed by atoms with Crippen molar-refractivity contribution in [2.75, 3.05) is 13.2 Å². The van der Waals surface area contributed by atoms with Crippen LogP contribution in [0.2, 0.25) is 0 Å². The monoisotopic (exact) mass is 1140 g/mol. The zero-order chi connectivity index (χ0) is 59.9. The summed E-state index contributed by atoms with van der Waals surface area (Å²) in [6.07, 6.45) is 105. The topological polar surface area (TPSA) is 78.9 Å². The summed E-state index contributed by atoms with van der Waals surface area (Å²) >= 11 is 0. The maximum absolute atomic E-state index is 12.9. The van der Waals surface area contributed by atoms with E-state index in [1.54, 1.807) is 0 Å². The molecule has 6 nitrogen and oxygen atoms in total. The molecule has 0 saturated heterocycles. The lowest BCUT2D eigenvalue weighted by Crippen LogP contribution is -2.30. The van der Waals surface area contributed by atoms with Crippen LogP contribution < -0.4 is 0 Å². The fourth-order valence-corrected chi connectivity index (χ4v) is 8.01. The molecule has 0 aromatic heterocycles. The number of allylic oxidation sites excluding steroid dienone is 34. The van der Waals surface area contributed by atoms with Gasteiger partial charge in [0.05, 0.1) is 0 Å². The van der Waals surface area contributed by atoms with E-state index in [2.05, 4.69) is 227 Å². The van der Waals surface area contributed by atoms with E-state index >= 15 is 0 Å². The van der Waals surface area contributed by atoms with Gasteiger partial charge in [-0.25, -0.2) is 0 Å². The summed E-state index contributed by atoms with van der Waals surface area (Å²) in [6.45, 7) is 6.20. The predicted molar refractivity (Wildman–Crippen MR) is 361 cm³/mol. The summed E-state index contributed by atoms with van der Waals surface area (Å²) in [7, 11) is 0. The van der Waals surface area contributed by atoms with Crippen LogP contribution in [0.25, 0.3) is 0 Å². The van der Waals surface area contributed by atoms with Crippen molar-refractivity contribution in [2.24, 2.45) is 0 Å². The van der Waals surface area contributed by atoms with Gasteiger partial charge < -0.3 is 14.2 Å². The normalized spacial score (nSPS) is 13.5. The van der Waals surface area contributed by atoms with Gasteiger partial charge in [-0.15, -0.1) is 0 Å². The van der Waals surface area contributed by atoms with Crippen molar-refractivity contribution in [3.8, 4) is 0 Å². The van der Waals surface area contributed by atoms with Gasteiger partial charge in [-0.1, -0.05) is 266 Å². The van der Waals surface area contributed by atoms with E-state index in [4.69, 9.17) is 14.2 Å². The van der Waals surface area contributed by atoms with Crippen LogP contribution in [0.5, 0.6) is 0 Å². The van der Waals surface area contributed by atoms with Crippen LogP contribution in [-0.4, -0.2) is 37.2 Å². The fraction of sp³-hybridized carbons (Fsp3) is 0.519. The molecule has 0 radical (unpaired) electrons. The van der Waals surface area contributed by atoms with E-state index in [-0.39, 0.29) is 44.0 Å². The van der Waals surface area contributed by atoms with Gasteiger partial charge in [-0.05, 0) is 161 Å². The summed E-state index contributed by atoms with van der Waals surface area (Å²) in [5, 5.41) is 0. The van der Waals surface area contributed by atoms with Gasteiger partial charge in [0.15, 0.2) is 6.10 Å². The van der Waals surface area contributed by atoms with Gasteiger partial charge >= 0.3 is 17.9 Å². The molecule has 0 heterocycles. The molecule has 0 aliphatic heterocycles. The van der Waals surface area contributed by atoms with Crippen molar-refractivity contribution < 1.29 is 28.6 Å². The smallest absolute Gasteiger partial charge is 0.306 e. The molecule has 1 unspecified atom stereocenters. The largest absolute Gasteiger partial charge is 0.462 e. The molecule has 6 heteroatoms. The first-order chi connectivity index (χ1) is 41.0. The van der Waals surface area contributed by atoms with Gasteiger partial charge in [-0.2, -0.15) is 0 Å². The second-order valence-corrected chi connectivity index (χ2v) is 20.5. The first-order valence-corrected chi connectivity index (χ1v) is 32.6. The Balaban J connectivity index is 4.63. The Morgan fingerprint density at radius 2 is 0.446 bits per heavy atom. The Morgan fingerprint density at radius 1 is 0.241 bits per heavy atom. The molecule has 83 heavy (non-hydrogen) atoms. The molecule has 0 spiro atoms. The Morgan fingerprint density at radius 3 is 0.723 bits per heavy atom. The number of carbonyl (C=O) groups is 3. The number of hydrogen-bond acceptors (Lipinski definition) is 6. The Labute approximate surface area is 509 Å². The molecule has 0 rings (SSSR count). The molecule has 0 aromatic rings. The van der Waals surface area contributed by atoms with Crippen LogP contribution in [0.1, 0.15) is 239 Å². The SMILES string of the molecule is CC/C=C\C/C=C\C/C=C\C/C=C\C/C=C\C/C=C\C/C=C\CCCC(=O)OCC(COC(=O)CCCCCCCC/C=C\C/C=C\C/C=C\C/C=C\CC)OC(=O)CCCCCC/C=C\C/C=C\C/C=C\C/C=C\C/C=C\C/C=C\CC. The van der Waals surface area contributed by atoms with Crippen LogP contribution in [0.3, 0.4) is 0 Å². The van der Waals surface area contributed by atoms with Gasteiger partial charge in [0, 0.05) is 19.3 Å². The first kappa shape index (κ1) is 77.0. The molecule has 0 aliphatic carbocycles. The lowest BCUT2D eigenvalue weighted by molar-refractivity contribution is -0.167. The van der Waals surface area contributed by atoms with Crippen molar-refractivity contribution in [3.63, 3.8) is 0 Å².